The van der Waals surface area contributed by atoms with E-state index in [9.17, 15) is 0 Å². The SMILES string of the molecule is CN1CC(n2cc3cnc(-c4cn([C@H]5C[C@H](CN)C5)nc4C4CC4)cc3n2)C1. The van der Waals surface area contributed by atoms with E-state index in [1.807, 2.05) is 6.20 Å². The topological polar surface area (TPSA) is 77.8 Å². The van der Waals surface area contributed by atoms with Crippen LogP contribution in [0.25, 0.3) is 22.2 Å². The van der Waals surface area contributed by atoms with Crippen LogP contribution in [-0.4, -0.2) is 56.1 Å². The van der Waals surface area contributed by atoms with Gasteiger partial charge >= 0.3 is 0 Å². The molecule has 4 heterocycles. The number of likely N-dealkylation sites (N-methyl/N-ethyl adjacent to an activating group) is 1. The Labute approximate surface area is 164 Å². The fourth-order valence-electron chi connectivity index (χ4n) is 4.66. The molecule has 0 bridgehead atoms. The Morgan fingerprint density at radius 3 is 2.57 bits per heavy atom. The molecule has 2 N–H and O–H groups in total. The van der Waals surface area contributed by atoms with Crippen molar-refractivity contribution in [3.05, 3.63) is 30.4 Å². The van der Waals surface area contributed by atoms with E-state index < -0.39 is 0 Å². The van der Waals surface area contributed by atoms with Crippen molar-refractivity contribution in [2.24, 2.45) is 11.7 Å². The number of fused-ring (bicyclic) bond motifs is 1. The van der Waals surface area contributed by atoms with Gasteiger partial charge in [0.25, 0.3) is 0 Å². The minimum Gasteiger partial charge on any atom is -0.330 e. The molecule has 0 unspecified atom stereocenters. The van der Waals surface area contributed by atoms with Crippen LogP contribution in [0.2, 0.25) is 0 Å². The highest BCUT2D eigenvalue weighted by molar-refractivity contribution is 5.81. The van der Waals surface area contributed by atoms with Crippen molar-refractivity contribution in [3.63, 3.8) is 0 Å². The molecule has 3 aliphatic rings. The Morgan fingerprint density at radius 1 is 1.07 bits per heavy atom. The van der Waals surface area contributed by atoms with E-state index in [2.05, 4.69) is 39.8 Å². The van der Waals surface area contributed by atoms with Gasteiger partial charge in [0.05, 0.1) is 29.0 Å². The number of aromatic nitrogens is 5. The molecule has 0 spiro atoms. The zero-order valence-corrected chi connectivity index (χ0v) is 16.3. The van der Waals surface area contributed by atoms with Gasteiger partial charge < -0.3 is 10.6 Å². The van der Waals surface area contributed by atoms with Crippen LogP contribution < -0.4 is 5.73 Å². The van der Waals surface area contributed by atoms with Crippen molar-refractivity contribution in [2.75, 3.05) is 26.7 Å². The van der Waals surface area contributed by atoms with Gasteiger partial charge in [-0.05, 0) is 51.3 Å². The number of rotatable bonds is 5. The zero-order chi connectivity index (χ0) is 18.8. The molecule has 3 fully saturated rings. The first-order valence-electron chi connectivity index (χ1n) is 10.5. The quantitative estimate of drug-likeness (QED) is 0.739. The predicted octanol–water partition coefficient (Wildman–Crippen LogP) is 2.57. The molecule has 3 aromatic heterocycles. The first-order valence-corrected chi connectivity index (χ1v) is 10.5. The predicted molar refractivity (Wildman–Crippen MR) is 108 cm³/mol. The zero-order valence-electron chi connectivity index (χ0n) is 16.3. The Bertz CT molecular complexity index is 1020. The van der Waals surface area contributed by atoms with Gasteiger partial charge in [0, 0.05) is 48.5 Å². The van der Waals surface area contributed by atoms with Gasteiger partial charge in [-0.3, -0.25) is 14.3 Å². The summed E-state index contributed by atoms with van der Waals surface area (Å²) in [5.41, 5.74) is 10.3. The van der Waals surface area contributed by atoms with E-state index in [0.717, 1.165) is 49.1 Å². The van der Waals surface area contributed by atoms with Gasteiger partial charge in [-0.1, -0.05) is 0 Å². The fourth-order valence-corrected chi connectivity index (χ4v) is 4.66. The number of likely N-dealkylation sites (tertiary alicyclic amines) is 1. The first-order chi connectivity index (χ1) is 13.7. The molecule has 28 heavy (non-hydrogen) atoms. The second kappa shape index (κ2) is 6.12. The molecular weight excluding hydrogens is 350 g/mol. The summed E-state index contributed by atoms with van der Waals surface area (Å²) in [4.78, 5) is 7.10. The van der Waals surface area contributed by atoms with Crippen molar-refractivity contribution in [1.82, 2.24) is 29.4 Å². The van der Waals surface area contributed by atoms with Crippen molar-refractivity contribution in [3.8, 4) is 11.3 Å². The number of nitrogens with zero attached hydrogens (tertiary/aromatic N) is 6. The number of hydrogen-bond acceptors (Lipinski definition) is 5. The molecule has 0 radical (unpaired) electrons. The van der Waals surface area contributed by atoms with Crippen LogP contribution in [-0.2, 0) is 0 Å². The van der Waals surface area contributed by atoms with Gasteiger partial charge in [0.2, 0.25) is 0 Å². The monoisotopic (exact) mass is 377 g/mol. The molecule has 146 valence electrons. The van der Waals surface area contributed by atoms with E-state index >= 15 is 0 Å². The number of hydrogen-bond donors (Lipinski definition) is 1. The fraction of sp³-hybridized carbons (Fsp3) is 0.571. The van der Waals surface area contributed by atoms with Gasteiger partial charge in [0.15, 0.2) is 0 Å². The van der Waals surface area contributed by atoms with Gasteiger partial charge in [-0.25, -0.2) is 0 Å². The molecule has 0 atom stereocenters. The summed E-state index contributed by atoms with van der Waals surface area (Å²) >= 11 is 0. The number of pyridine rings is 1. The van der Waals surface area contributed by atoms with Gasteiger partial charge in [0.1, 0.15) is 0 Å². The molecule has 2 saturated carbocycles. The molecule has 2 aliphatic carbocycles. The van der Waals surface area contributed by atoms with E-state index in [0.29, 0.717) is 23.9 Å². The summed E-state index contributed by atoms with van der Waals surface area (Å²) in [6.07, 6.45) is 11.1. The summed E-state index contributed by atoms with van der Waals surface area (Å²) in [7, 11) is 2.15. The van der Waals surface area contributed by atoms with Gasteiger partial charge in [-0.15, -0.1) is 0 Å². The standard InChI is InChI=1S/C21H27N7/c1-26-10-17(11-26)27-9-15-8-23-20(6-19(15)24-27)18-12-28(16-4-13(5-16)7-22)25-21(18)14-2-3-14/h6,8-9,12-14,16-17H,2-5,7,10-11,22H2,1H3/t13-,16-. The highest BCUT2D eigenvalue weighted by atomic mass is 15.4. The van der Waals surface area contributed by atoms with Crippen LogP contribution in [0.3, 0.4) is 0 Å². The molecular formula is C21H27N7. The third-order valence-electron chi connectivity index (χ3n) is 6.74. The third-order valence-corrected chi connectivity index (χ3v) is 6.74. The molecule has 6 rings (SSSR count). The summed E-state index contributed by atoms with van der Waals surface area (Å²) in [6, 6.07) is 3.13. The van der Waals surface area contributed by atoms with Crippen LogP contribution in [0.5, 0.6) is 0 Å². The van der Waals surface area contributed by atoms with Crippen LogP contribution >= 0.6 is 0 Å². The molecule has 1 saturated heterocycles. The maximum atomic E-state index is 5.81. The highest BCUT2D eigenvalue weighted by Crippen LogP contribution is 2.45. The maximum Gasteiger partial charge on any atom is 0.0960 e. The maximum absolute atomic E-state index is 5.81. The summed E-state index contributed by atoms with van der Waals surface area (Å²) < 4.78 is 4.30. The Balaban J connectivity index is 1.33. The average Bonchev–Trinajstić information content (AvgIpc) is 3.24. The molecule has 1 aliphatic heterocycles. The van der Waals surface area contributed by atoms with Crippen LogP contribution in [0.15, 0.2) is 24.7 Å². The van der Waals surface area contributed by atoms with Crippen molar-refractivity contribution < 1.29 is 0 Å². The molecule has 7 nitrogen and oxygen atoms in total. The summed E-state index contributed by atoms with van der Waals surface area (Å²) in [5.74, 6) is 1.26. The molecule has 0 amide bonds. The minimum atomic E-state index is 0.486. The normalized spacial score (nSPS) is 25.8. The van der Waals surface area contributed by atoms with Crippen LogP contribution in [0.1, 0.15) is 49.4 Å². The average molecular weight is 377 g/mol. The van der Waals surface area contributed by atoms with Gasteiger partial charge in [-0.2, -0.15) is 10.2 Å². The van der Waals surface area contributed by atoms with Crippen LogP contribution in [0, 0.1) is 5.92 Å². The summed E-state index contributed by atoms with van der Waals surface area (Å²) in [5, 5.41) is 10.9. The van der Waals surface area contributed by atoms with E-state index in [1.165, 1.54) is 24.1 Å². The lowest BCUT2D eigenvalue weighted by atomic mass is 9.80. The second-order valence-electron chi connectivity index (χ2n) is 9.02. The lowest BCUT2D eigenvalue weighted by Gasteiger charge is -2.36. The van der Waals surface area contributed by atoms with Crippen molar-refractivity contribution in [2.45, 2.75) is 43.7 Å². The third kappa shape index (κ3) is 2.68. The Kier molecular flexibility index (Phi) is 3.65. The lowest BCUT2D eigenvalue weighted by molar-refractivity contribution is 0.131. The first kappa shape index (κ1) is 16.7. The Hall–Kier alpha value is -2.25. The molecule has 0 aromatic carbocycles. The highest BCUT2D eigenvalue weighted by Gasteiger charge is 2.34. The van der Waals surface area contributed by atoms with Crippen molar-refractivity contribution >= 4 is 10.9 Å². The van der Waals surface area contributed by atoms with E-state index in [4.69, 9.17) is 20.9 Å². The molecule has 7 heteroatoms. The largest absolute Gasteiger partial charge is 0.330 e. The van der Waals surface area contributed by atoms with E-state index in [1.54, 1.807) is 0 Å². The summed E-state index contributed by atoms with van der Waals surface area (Å²) in [6.45, 7) is 2.92. The molecule has 3 aromatic rings. The van der Waals surface area contributed by atoms with Crippen molar-refractivity contribution in [1.29, 1.82) is 0 Å². The minimum absolute atomic E-state index is 0.486. The number of nitrogens with two attached hydrogens (primary N) is 1. The smallest absolute Gasteiger partial charge is 0.0960 e. The second-order valence-corrected chi connectivity index (χ2v) is 9.02. The Morgan fingerprint density at radius 2 is 1.86 bits per heavy atom. The lowest BCUT2D eigenvalue weighted by Crippen LogP contribution is -2.45. The van der Waals surface area contributed by atoms with Crippen LogP contribution in [0.4, 0.5) is 0 Å². The van der Waals surface area contributed by atoms with E-state index in [-0.39, 0.29) is 0 Å².